The first-order valence-corrected chi connectivity index (χ1v) is 11.2. The van der Waals surface area contributed by atoms with E-state index in [-0.39, 0.29) is 17.6 Å². The number of methoxy groups -OCH3 is 1. The number of allylic oxidation sites excluding steroid dienone is 1. The van der Waals surface area contributed by atoms with Crippen LogP contribution in [0.5, 0.6) is 5.75 Å². The van der Waals surface area contributed by atoms with Gasteiger partial charge in [-0.05, 0) is 94.2 Å². The Morgan fingerprint density at radius 1 is 1.17 bits per heavy atom. The Kier molecular flexibility index (Phi) is 4.36. The van der Waals surface area contributed by atoms with Gasteiger partial charge in [0, 0.05) is 33.9 Å². The third-order valence-corrected chi connectivity index (χ3v) is 7.91. The Morgan fingerprint density at radius 3 is 2.34 bits per heavy atom. The highest BCUT2D eigenvalue weighted by atomic mass is 16.5. The van der Waals surface area contributed by atoms with E-state index in [1.54, 1.807) is 7.11 Å². The van der Waals surface area contributed by atoms with Gasteiger partial charge in [0.2, 0.25) is 0 Å². The Labute approximate surface area is 173 Å². The number of ketones is 1. The lowest BCUT2D eigenvalue weighted by molar-refractivity contribution is -0.138. The van der Waals surface area contributed by atoms with Crippen molar-refractivity contribution in [1.82, 2.24) is 5.32 Å². The van der Waals surface area contributed by atoms with Crippen molar-refractivity contribution in [2.24, 2.45) is 23.2 Å². The molecule has 4 aliphatic carbocycles. The lowest BCUT2D eigenvalue weighted by atomic mass is 9.48. The smallest absolute Gasteiger partial charge is 0.163 e. The van der Waals surface area contributed by atoms with Crippen molar-refractivity contribution in [3.63, 3.8) is 0 Å². The van der Waals surface area contributed by atoms with Crippen molar-refractivity contribution in [3.05, 3.63) is 34.9 Å². The second-order valence-electron chi connectivity index (χ2n) is 10.8. The van der Waals surface area contributed by atoms with Gasteiger partial charge in [0.15, 0.2) is 5.78 Å². The molecule has 1 aromatic carbocycles. The van der Waals surface area contributed by atoms with Crippen molar-refractivity contribution >= 4 is 11.5 Å². The van der Waals surface area contributed by atoms with Crippen LogP contribution in [0.4, 0.5) is 0 Å². The molecule has 1 heterocycles. The van der Waals surface area contributed by atoms with E-state index in [9.17, 15) is 9.90 Å². The van der Waals surface area contributed by atoms with Gasteiger partial charge in [-0.1, -0.05) is 0 Å². The first-order chi connectivity index (χ1) is 13.8. The van der Waals surface area contributed by atoms with Gasteiger partial charge in [-0.15, -0.1) is 0 Å². The Morgan fingerprint density at radius 2 is 1.79 bits per heavy atom. The van der Waals surface area contributed by atoms with Gasteiger partial charge in [0.05, 0.1) is 13.7 Å². The number of aliphatic hydroxyl groups excluding tert-OH is 1. The zero-order valence-corrected chi connectivity index (χ0v) is 17.9. The second-order valence-corrected chi connectivity index (χ2v) is 10.8. The molecular weight excluding hydrogens is 362 g/mol. The van der Waals surface area contributed by atoms with Crippen molar-refractivity contribution in [3.8, 4) is 5.75 Å². The highest BCUT2D eigenvalue weighted by Crippen LogP contribution is 2.60. The average molecular weight is 396 g/mol. The fraction of sp³-hybridized carbons (Fsp3) is 0.640. The molecule has 156 valence electrons. The number of carbonyl (C=O) groups is 1. The van der Waals surface area contributed by atoms with Crippen LogP contribution in [-0.4, -0.2) is 23.5 Å². The maximum atomic E-state index is 13.7. The Bertz CT molecular complexity index is 847. The van der Waals surface area contributed by atoms with Crippen LogP contribution in [0.3, 0.4) is 0 Å². The van der Waals surface area contributed by atoms with E-state index in [1.165, 1.54) is 24.8 Å². The molecule has 2 N–H and O–H groups in total. The van der Waals surface area contributed by atoms with Crippen LogP contribution < -0.4 is 10.1 Å². The van der Waals surface area contributed by atoms with Crippen LogP contribution in [-0.2, 0) is 17.8 Å². The fourth-order valence-corrected chi connectivity index (χ4v) is 7.14. The monoisotopic (exact) mass is 395 g/mol. The third-order valence-electron chi connectivity index (χ3n) is 7.91. The van der Waals surface area contributed by atoms with Gasteiger partial charge < -0.3 is 15.2 Å². The molecule has 4 bridgehead atoms. The molecule has 0 amide bonds. The predicted molar refractivity (Wildman–Crippen MR) is 113 cm³/mol. The third kappa shape index (κ3) is 3.20. The highest BCUT2D eigenvalue weighted by Gasteiger charge is 2.54. The lowest BCUT2D eigenvalue weighted by Crippen LogP contribution is -2.50. The summed E-state index contributed by atoms with van der Waals surface area (Å²) in [5.41, 5.74) is 3.62. The van der Waals surface area contributed by atoms with Gasteiger partial charge in [0.25, 0.3) is 0 Å². The molecule has 0 aromatic heterocycles. The zero-order chi connectivity index (χ0) is 20.4. The van der Waals surface area contributed by atoms with Crippen LogP contribution >= 0.6 is 0 Å². The number of hydrogen-bond donors (Lipinski definition) is 2. The van der Waals surface area contributed by atoms with E-state index in [1.807, 2.05) is 18.2 Å². The van der Waals surface area contributed by atoms with Gasteiger partial charge in [-0.25, -0.2) is 0 Å². The zero-order valence-electron chi connectivity index (χ0n) is 17.9. The van der Waals surface area contributed by atoms with Crippen molar-refractivity contribution < 1.29 is 14.6 Å². The minimum Gasteiger partial charge on any atom is -0.496 e. The number of aliphatic hydroxyl groups is 1. The largest absolute Gasteiger partial charge is 0.496 e. The molecule has 1 aliphatic heterocycles. The molecule has 4 fully saturated rings. The normalized spacial score (nSPS) is 35.3. The summed E-state index contributed by atoms with van der Waals surface area (Å²) in [5, 5.41) is 13.4. The maximum absolute atomic E-state index is 13.7. The van der Waals surface area contributed by atoms with Crippen LogP contribution in [0.15, 0.2) is 18.2 Å². The van der Waals surface area contributed by atoms with Crippen LogP contribution in [0.25, 0.3) is 5.70 Å². The average Bonchev–Trinajstić information content (AvgIpc) is 2.65. The maximum Gasteiger partial charge on any atom is 0.163 e. The second kappa shape index (κ2) is 6.60. The summed E-state index contributed by atoms with van der Waals surface area (Å²) in [7, 11) is 1.64. The summed E-state index contributed by atoms with van der Waals surface area (Å²) >= 11 is 0. The van der Waals surface area contributed by atoms with E-state index in [0.29, 0.717) is 5.78 Å². The molecule has 6 rings (SSSR count). The summed E-state index contributed by atoms with van der Waals surface area (Å²) < 4.78 is 5.48. The molecule has 1 aromatic rings. The Balaban J connectivity index is 1.54. The minimum atomic E-state index is -0.133. The number of fused-ring (bicyclic) bond motifs is 1. The van der Waals surface area contributed by atoms with Crippen molar-refractivity contribution in [1.29, 1.82) is 0 Å². The van der Waals surface area contributed by atoms with E-state index in [0.717, 1.165) is 66.0 Å². The van der Waals surface area contributed by atoms with Gasteiger partial charge >= 0.3 is 0 Å². The minimum absolute atomic E-state index is 0.0734. The summed E-state index contributed by atoms with van der Waals surface area (Å²) in [6, 6.07) is 4.03. The molecular formula is C25H33NO3. The number of hydrogen-bond acceptors (Lipinski definition) is 4. The quantitative estimate of drug-likeness (QED) is 0.749. The summed E-state index contributed by atoms with van der Waals surface area (Å²) in [4.78, 5) is 13.7. The van der Waals surface area contributed by atoms with E-state index >= 15 is 0 Å². The standard InChI is InChI=1S/C25H33NO3/c1-24(2)13-18-8-22(29-3)19(14-27)7-20(18)21(26-24)9-23(28)25-10-15-4-16(11-25)6-17(5-15)12-25/h7-9,15-17,26-27H,4-6,10-14H2,1-3H3/b21-9+. The summed E-state index contributed by atoms with van der Waals surface area (Å²) in [5.74, 6) is 3.32. The van der Waals surface area contributed by atoms with Crippen molar-refractivity contribution in [2.45, 2.75) is 70.9 Å². The SMILES string of the molecule is COc1cc2c(cc1CO)/C(=C\C(=O)C13CC4CC(CC(C4)C1)C3)NC(C)(C)C2. The topological polar surface area (TPSA) is 58.6 Å². The van der Waals surface area contributed by atoms with E-state index in [4.69, 9.17) is 4.74 Å². The fourth-order valence-electron chi connectivity index (χ4n) is 7.14. The molecule has 0 radical (unpaired) electrons. The number of benzene rings is 1. The van der Waals surface area contributed by atoms with Crippen LogP contribution in [0, 0.1) is 23.2 Å². The molecule has 0 unspecified atom stereocenters. The van der Waals surface area contributed by atoms with Gasteiger partial charge in [-0.3, -0.25) is 4.79 Å². The van der Waals surface area contributed by atoms with Crippen molar-refractivity contribution in [2.75, 3.05) is 7.11 Å². The lowest BCUT2D eigenvalue weighted by Gasteiger charge is -2.55. The van der Waals surface area contributed by atoms with E-state index in [2.05, 4.69) is 19.2 Å². The molecule has 0 atom stereocenters. The first kappa shape index (κ1) is 19.2. The van der Waals surface area contributed by atoms with Gasteiger partial charge in [-0.2, -0.15) is 0 Å². The molecule has 0 saturated heterocycles. The van der Waals surface area contributed by atoms with E-state index < -0.39 is 0 Å². The number of nitrogens with one attached hydrogen (secondary N) is 1. The van der Waals surface area contributed by atoms with Crippen LogP contribution in [0.1, 0.15) is 69.1 Å². The van der Waals surface area contributed by atoms with Crippen LogP contribution in [0.2, 0.25) is 0 Å². The van der Waals surface area contributed by atoms with Gasteiger partial charge in [0.1, 0.15) is 5.75 Å². The molecule has 5 aliphatic rings. The molecule has 0 spiro atoms. The molecule has 4 heteroatoms. The first-order valence-electron chi connectivity index (χ1n) is 11.2. The Hall–Kier alpha value is -1.81. The summed E-state index contributed by atoms with van der Waals surface area (Å²) in [6.45, 7) is 4.27. The molecule has 4 nitrogen and oxygen atoms in total. The predicted octanol–water partition coefficient (Wildman–Crippen LogP) is 4.24. The number of rotatable bonds is 4. The molecule has 29 heavy (non-hydrogen) atoms. The summed E-state index contributed by atoms with van der Waals surface area (Å²) in [6.07, 6.45) is 10.0. The number of carbonyl (C=O) groups excluding carboxylic acids is 1. The molecule has 4 saturated carbocycles. The number of ether oxygens (including phenoxy) is 1. The highest BCUT2D eigenvalue weighted by molar-refractivity contribution is 6.01.